The fourth-order valence-electron chi connectivity index (χ4n) is 1.67. The summed E-state index contributed by atoms with van der Waals surface area (Å²) < 4.78 is 31.1. The molecular formula is C11H14N2O4S. The number of amides is 1. The Hall–Kier alpha value is -1.76. The molecule has 0 atom stereocenters. The number of carbonyl (C=O) groups is 1. The van der Waals surface area contributed by atoms with E-state index in [0.717, 1.165) is 0 Å². The number of benzene rings is 1. The van der Waals surface area contributed by atoms with Crippen LogP contribution in [0.15, 0.2) is 18.2 Å². The number of sulfonamides is 1. The second-order valence-corrected chi connectivity index (χ2v) is 5.78. The summed E-state index contributed by atoms with van der Waals surface area (Å²) in [5.74, 6) is 0.196. The topological polar surface area (TPSA) is 84.5 Å². The van der Waals surface area contributed by atoms with E-state index in [1.807, 2.05) is 0 Å². The quantitative estimate of drug-likeness (QED) is 0.860. The van der Waals surface area contributed by atoms with Gasteiger partial charge >= 0.3 is 0 Å². The number of hydrogen-bond donors (Lipinski definition) is 2. The maximum absolute atomic E-state index is 11.7. The van der Waals surface area contributed by atoms with Crippen molar-refractivity contribution >= 4 is 27.3 Å². The van der Waals surface area contributed by atoms with Gasteiger partial charge in [-0.25, -0.2) is 8.42 Å². The standard InChI is InChI=1S/C11H14N2O4S/c1-2-6-18(15,16)13-8-4-3-5-9-11(8)12-10(14)7-17-9/h3-5,13H,2,6-7H2,1H3,(H,12,14). The van der Waals surface area contributed by atoms with Gasteiger partial charge in [-0.3, -0.25) is 9.52 Å². The van der Waals surface area contributed by atoms with Crippen LogP contribution in [0.5, 0.6) is 5.75 Å². The van der Waals surface area contributed by atoms with E-state index >= 15 is 0 Å². The van der Waals surface area contributed by atoms with Gasteiger partial charge in [-0.1, -0.05) is 13.0 Å². The minimum absolute atomic E-state index is 0.0332. The smallest absolute Gasteiger partial charge is 0.262 e. The van der Waals surface area contributed by atoms with Crippen molar-refractivity contribution in [3.63, 3.8) is 0 Å². The van der Waals surface area contributed by atoms with E-state index in [9.17, 15) is 13.2 Å². The predicted molar refractivity (Wildman–Crippen MR) is 68.3 cm³/mol. The highest BCUT2D eigenvalue weighted by atomic mass is 32.2. The number of nitrogens with one attached hydrogen (secondary N) is 2. The lowest BCUT2D eigenvalue weighted by molar-refractivity contribution is -0.118. The molecule has 1 aliphatic rings. The minimum Gasteiger partial charge on any atom is -0.481 e. The van der Waals surface area contributed by atoms with Crippen molar-refractivity contribution < 1.29 is 17.9 Å². The Labute approximate surface area is 105 Å². The first-order chi connectivity index (χ1) is 8.52. The summed E-state index contributed by atoms with van der Waals surface area (Å²) in [4.78, 5) is 11.3. The molecule has 1 heterocycles. The molecule has 0 spiro atoms. The maximum Gasteiger partial charge on any atom is 0.262 e. The summed E-state index contributed by atoms with van der Waals surface area (Å²) in [5, 5.41) is 2.60. The van der Waals surface area contributed by atoms with Crippen LogP contribution in [0.4, 0.5) is 11.4 Å². The van der Waals surface area contributed by atoms with Crippen LogP contribution in [0, 0.1) is 0 Å². The Morgan fingerprint density at radius 1 is 1.44 bits per heavy atom. The number of para-hydroxylation sites is 1. The molecule has 1 aromatic carbocycles. The largest absolute Gasteiger partial charge is 0.481 e. The average Bonchev–Trinajstić information content (AvgIpc) is 2.29. The van der Waals surface area contributed by atoms with Crippen molar-refractivity contribution in [2.24, 2.45) is 0 Å². The number of fused-ring (bicyclic) bond motifs is 1. The normalized spacial score (nSPS) is 14.4. The molecule has 0 bridgehead atoms. The molecule has 0 unspecified atom stereocenters. The Balaban J connectivity index is 2.32. The minimum atomic E-state index is -3.39. The first-order valence-electron chi connectivity index (χ1n) is 5.58. The highest BCUT2D eigenvalue weighted by Gasteiger charge is 2.21. The lowest BCUT2D eigenvalue weighted by atomic mass is 10.2. The third-order valence-electron chi connectivity index (χ3n) is 2.39. The molecule has 18 heavy (non-hydrogen) atoms. The van der Waals surface area contributed by atoms with Crippen molar-refractivity contribution in [3.8, 4) is 5.75 Å². The Morgan fingerprint density at radius 3 is 2.94 bits per heavy atom. The zero-order valence-electron chi connectivity index (χ0n) is 9.89. The molecule has 6 nitrogen and oxygen atoms in total. The molecular weight excluding hydrogens is 256 g/mol. The summed E-state index contributed by atoms with van der Waals surface area (Å²) in [6.45, 7) is 1.72. The van der Waals surface area contributed by atoms with E-state index in [1.165, 1.54) is 0 Å². The van der Waals surface area contributed by atoms with E-state index in [2.05, 4.69) is 10.0 Å². The lowest BCUT2D eigenvalue weighted by Crippen LogP contribution is -2.27. The van der Waals surface area contributed by atoms with Gasteiger partial charge in [0.05, 0.1) is 11.4 Å². The third kappa shape index (κ3) is 2.73. The summed E-state index contributed by atoms with van der Waals surface area (Å²) in [7, 11) is -3.39. The van der Waals surface area contributed by atoms with Crippen LogP contribution in [0.2, 0.25) is 0 Å². The molecule has 7 heteroatoms. The first kappa shape index (κ1) is 12.7. The van der Waals surface area contributed by atoms with Crippen LogP contribution < -0.4 is 14.8 Å². The van der Waals surface area contributed by atoms with Gasteiger partial charge in [-0.15, -0.1) is 0 Å². The SMILES string of the molecule is CCCS(=O)(=O)Nc1cccc2c1NC(=O)CO2. The van der Waals surface area contributed by atoms with Crippen molar-refractivity contribution in [3.05, 3.63) is 18.2 Å². The van der Waals surface area contributed by atoms with Gasteiger partial charge in [-0.2, -0.15) is 0 Å². The number of carbonyl (C=O) groups excluding carboxylic acids is 1. The molecule has 1 aromatic rings. The molecule has 98 valence electrons. The van der Waals surface area contributed by atoms with Crippen LogP contribution in [-0.4, -0.2) is 26.7 Å². The molecule has 1 aliphatic heterocycles. The van der Waals surface area contributed by atoms with Crippen LogP contribution in [0.1, 0.15) is 13.3 Å². The Bertz CT molecular complexity index is 568. The van der Waals surface area contributed by atoms with E-state index in [4.69, 9.17) is 4.74 Å². The van der Waals surface area contributed by atoms with Gasteiger partial charge in [0.15, 0.2) is 6.61 Å². The highest BCUT2D eigenvalue weighted by Crippen LogP contribution is 2.35. The zero-order chi connectivity index (χ0) is 13.2. The van der Waals surface area contributed by atoms with Gasteiger partial charge in [-0.05, 0) is 18.6 Å². The Morgan fingerprint density at radius 2 is 2.22 bits per heavy atom. The van der Waals surface area contributed by atoms with E-state index in [-0.39, 0.29) is 18.3 Å². The van der Waals surface area contributed by atoms with Gasteiger partial charge < -0.3 is 10.1 Å². The average molecular weight is 270 g/mol. The molecule has 2 N–H and O–H groups in total. The summed E-state index contributed by atoms with van der Waals surface area (Å²) >= 11 is 0. The monoisotopic (exact) mass is 270 g/mol. The second kappa shape index (κ2) is 4.85. The van der Waals surface area contributed by atoms with Crippen molar-refractivity contribution in [1.82, 2.24) is 0 Å². The molecule has 0 fully saturated rings. The summed E-state index contributed by atoms with van der Waals surface area (Å²) in [5.41, 5.74) is 0.697. The number of rotatable bonds is 4. The zero-order valence-corrected chi connectivity index (χ0v) is 10.7. The molecule has 0 saturated heterocycles. The van der Waals surface area contributed by atoms with E-state index in [1.54, 1.807) is 25.1 Å². The van der Waals surface area contributed by atoms with Gasteiger partial charge in [0.25, 0.3) is 5.91 Å². The van der Waals surface area contributed by atoms with Crippen LogP contribution in [0.3, 0.4) is 0 Å². The molecule has 0 aliphatic carbocycles. The fraction of sp³-hybridized carbons (Fsp3) is 0.364. The molecule has 1 amide bonds. The van der Waals surface area contributed by atoms with Crippen LogP contribution in [0.25, 0.3) is 0 Å². The fourth-order valence-corrected chi connectivity index (χ4v) is 2.82. The van der Waals surface area contributed by atoms with E-state index < -0.39 is 10.0 Å². The van der Waals surface area contributed by atoms with Crippen LogP contribution in [-0.2, 0) is 14.8 Å². The predicted octanol–water partition coefficient (Wildman–Crippen LogP) is 1.17. The van der Waals surface area contributed by atoms with E-state index in [0.29, 0.717) is 23.5 Å². The molecule has 0 saturated carbocycles. The van der Waals surface area contributed by atoms with Crippen molar-refractivity contribution in [2.45, 2.75) is 13.3 Å². The van der Waals surface area contributed by atoms with Gasteiger partial charge in [0.2, 0.25) is 10.0 Å². The van der Waals surface area contributed by atoms with Crippen LogP contribution >= 0.6 is 0 Å². The first-order valence-corrected chi connectivity index (χ1v) is 7.23. The molecule has 0 radical (unpaired) electrons. The number of anilines is 2. The van der Waals surface area contributed by atoms with Crippen molar-refractivity contribution in [2.75, 3.05) is 22.4 Å². The van der Waals surface area contributed by atoms with Gasteiger partial charge in [0.1, 0.15) is 11.4 Å². The summed E-state index contributed by atoms with van der Waals surface area (Å²) in [6.07, 6.45) is 0.521. The maximum atomic E-state index is 11.7. The summed E-state index contributed by atoms with van der Waals surface area (Å²) in [6, 6.07) is 4.92. The Kier molecular flexibility index (Phi) is 3.42. The number of hydrogen-bond acceptors (Lipinski definition) is 4. The lowest BCUT2D eigenvalue weighted by Gasteiger charge is -2.21. The molecule has 0 aromatic heterocycles. The van der Waals surface area contributed by atoms with Gasteiger partial charge in [0, 0.05) is 0 Å². The second-order valence-electron chi connectivity index (χ2n) is 3.94. The third-order valence-corrected chi connectivity index (χ3v) is 3.86. The van der Waals surface area contributed by atoms with Crippen molar-refractivity contribution in [1.29, 1.82) is 0 Å². The highest BCUT2D eigenvalue weighted by molar-refractivity contribution is 7.92. The number of ether oxygens (including phenoxy) is 1. The molecule has 2 rings (SSSR count).